The fourth-order valence-corrected chi connectivity index (χ4v) is 4.67. The quantitative estimate of drug-likeness (QED) is 0.263. The van der Waals surface area contributed by atoms with Crippen molar-refractivity contribution < 1.29 is 0 Å². The number of nitrogens with one attached hydrogen (secondary N) is 1. The highest BCUT2D eigenvalue weighted by atomic mass is 14.7. The van der Waals surface area contributed by atoms with E-state index in [-0.39, 0.29) is 10.8 Å². The zero-order valence-electron chi connectivity index (χ0n) is 19.9. The lowest BCUT2D eigenvalue weighted by molar-refractivity contribution is 0.590. The maximum absolute atomic E-state index is 6.36. The molecular weight excluding hydrogens is 388 g/mol. The third-order valence-electron chi connectivity index (χ3n) is 6.61. The molecule has 0 fully saturated rings. The van der Waals surface area contributed by atoms with Gasteiger partial charge in [-0.3, -0.25) is 0 Å². The molecule has 0 amide bonds. The molecule has 0 aliphatic carbocycles. The summed E-state index contributed by atoms with van der Waals surface area (Å²) in [6, 6.07) is 24.3. The van der Waals surface area contributed by atoms with E-state index in [2.05, 4.69) is 113 Å². The molecule has 0 aliphatic heterocycles. The number of H-pyrrole nitrogens is 1. The van der Waals surface area contributed by atoms with Crippen LogP contribution in [0.2, 0.25) is 0 Å². The molecule has 5 aromatic rings. The van der Waals surface area contributed by atoms with Crippen molar-refractivity contribution in [2.45, 2.75) is 52.4 Å². The minimum absolute atomic E-state index is 0.0320. The number of aromatic amines is 1. The zero-order valence-corrected chi connectivity index (χ0v) is 19.9. The number of anilines is 1. The Morgan fingerprint density at radius 2 is 1.31 bits per heavy atom. The number of nitrogens with two attached hydrogens (primary N) is 1. The zero-order chi connectivity index (χ0) is 22.8. The first kappa shape index (κ1) is 20.6. The number of hydrogen-bond acceptors (Lipinski definition) is 1. The summed E-state index contributed by atoms with van der Waals surface area (Å²) in [5.74, 6) is 0. The van der Waals surface area contributed by atoms with E-state index in [1.807, 2.05) is 0 Å². The monoisotopic (exact) mass is 420 g/mol. The number of nitrogen functional groups attached to an aromatic ring is 1. The van der Waals surface area contributed by atoms with Gasteiger partial charge in [0.1, 0.15) is 0 Å². The molecule has 5 rings (SSSR count). The highest BCUT2D eigenvalue weighted by molar-refractivity contribution is 6.15. The summed E-state index contributed by atoms with van der Waals surface area (Å²) >= 11 is 0. The molecule has 1 heterocycles. The summed E-state index contributed by atoms with van der Waals surface area (Å²) in [6.45, 7) is 13.7. The largest absolute Gasteiger partial charge is 0.399 e. The van der Waals surface area contributed by atoms with Crippen molar-refractivity contribution in [2.24, 2.45) is 0 Å². The summed E-state index contributed by atoms with van der Waals surface area (Å²) < 4.78 is 0. The van der Waals surface area contributed by atoms with E-state index < -0.39 is 0 Å². The first-order valence-corrected chi connectivity index (χ1v) is 11.4. The van der Waals surface area contributed by atoms with Gasteiger partial charge in [0, 0.05) is 27.5 Å². The van der Waals surface area contributed by atoms with Gasteiger partial charge in [0.15, 0.2) is 0 Å². The first-order valence-electron chi connectivity index (χ1n) is 11.4. The van der Waals surface area contributed by atoms with Crippen molar-refractivity contribution in [2.75, 3.05) is 5.73 Å². The van der Waals surface area contributed by atoms with Gasteiger partial charge in [-0.2, -0.15) is 0 Å². The van der Waals surface area contributed by atoms with Gasteiger partial charge in [-0.1, -0.05) is 71.9 Å². The second-order valence-electron chi connectivity index (χ2n) is 11.1. The van der Waals surface area contributed by atoms with Crippen molar-refractivity contribution in [1.29, 1.82) is 0 Å². The van der Waals surface area contributed by atoms with Crippen LogP contribution in [0, 0.1) is 0 Å². The van der Waals surface area contributed by atoms with Crippen LogP contribution in [0.4, 0.5) is 5.69 Å². The van der Waals surface area contributed by atoms with Crippen molar-refractivity contribution >= 4 is 38.3 Å². The molecule has 0 saturated carbocycles. The first-order chi connectivity index (χ1) is 15.0. The van der Waals surface area contributed by atoms with Gasteiger partial charge in [0.05, 0.1) is 5.52 Å². The van der Waals surface area contributed by atoms with E-state index in [4.69, 9.17) is 5.73 Å². The molecule has 1 aromatic heterocycles. The van der Waals surface area contributed by atoms with Gasteiger partial charge in [-0.15, -0.1) is 0 Å². The average Bonchev–Trinajstić information content (AvgIpc) is 3.09. The maximum Gasteiger partial charge on any atom is 0.0544 e. The lowest BCUT2D eigenvalue weighted by Gasteiger charge is -2.21. The van der Waals surface area contributed by atoms with E-state index in [1.54, 1.807) is 0 Å². The lowest BCUT2D eigenvalue weighted by atomic mass is 9.83. The minimum Gasteiger partial charge on any atom is -0.399 e. The fourth-order valence-electron chi connectivity index (χ4n) is 4.67. The number of fused-ring (bicyclic) bond motifs is 4. The molecule has 0 radical (unpaired) electrons. The molecular formula is C30H32N2. The Morgan fingerprint density at radius 3 is 2.03 bits per heavy atom. The molecule has 0 saturated heterocycles. The van der Waals surface area contributed by atoms with E-state index in [0.29, 0.717) is 0 Å². The van der Waals surface area contributed by atoms with Gasteiger partial charge >= 0.3 is 0 Å². The smallest absolute Gasteiger partial charge is 0.0544 e. The molecule has 0 aliphatic rings. The van der Waals surface area contributed by atoms with Gasteiger partial charge in [0.2, 0.25) is 0 Å². The number of hydrogen-bond donors (Lipinski definition) is 2. The topological polar surface area (TPSA) is 41.8 Å². The second kappa shape index (κ2) is 6.87. The predicted octanol–water partition coefficient (Wildman–Crippen LogP) is 8.32. The number of benzene rings is 4. The summed E-state index contributed by atoms with van der Waals surface area (Å²) in [7, 11) is 0. The highest BCUT2D eigenvalue weighted by Gasteiger charge is 2.21. The highest BCUT2D eigenvalue weighted by Crippen LogP contribution is 2.41. The molecule has 162 valence electrons. The normalized spacial score (nSPS) is 12.8. The summed E-state index contributed by atoms with van der Waals surface area (Å²) in [5.41, 5.74) is 14.7. The van der Waals surface area contributed by atoms with E-state index in [0.717, 1.165) is 5.69 Å². The third-order valence-corrected chi connectivity index (χ3v) is 6.61. The Kier molecular flexibility index (Phi) is 4.43. The minimum atomic E-state index is 0.0320. The van der Waals surface area contributed by atoms with Gasteiger partial charge in [0.25, 0.3) is 0 Å². The van der Waals surface area contributed by atoms with E-state index >= 15 is 0 Å². The molecule has 0 unspecified atom stereocenters. The predicted molar refractivity (Wildman–Crippen MR) is 141 cm³/mol. The van der Waals surface area contributed by atoms with Crippen LogP contribution in [0.3, 0.4) is 0 Å². The Bertz CT molecular complexity index is 1490. The molecule has 2 heteroatoms. The van der Waals surface area contributed by atoms with Crippen LogP contribution in [-0.2, 0) is 10.8 Å². The average molecular weight is 421 g/mol. The Balaban J connectivity index is 1.93. The lowest BCUT2D eigenvalue weighted by Crippen LogP contribution is -2.11. The van der Waals surface area contributed by atoms with Crippen LogP contribution in [-0.4, -0.2) is 4.98 Å². The third kappa shape index (κ3) is 3.35. The van der Waals surface area contributed by atoms with Gasteiger partial charge < -0.3 is 10.7 Å². The Morgan fingerprint density at radius 1 is 0.625 bits per heavy atom. The van der Waals surface area contributed by atoms with Crippen molar-refractivity contribution in [3.8, 4) is 11.1 Å². The van der Waals surface area contributed by atoms with E-state index in [9.17, 15) is 0 Å². The molecule has 3 N–H and O–H groups in total. The number of aromatic nitrogens is 1. The maximum atomic E-state index is 6.36. The molecule has 4 aromatic carbocycles. The van der Waals surface area contributed by atoms with Crippen LogP contribution in [0.5, 0.6) is 0 Å². The number of rotatable bonds is 1. The van der Waals surface area contributed by atoms with Crippen LogP contribution in [0.25, 0.3) is 43.7 Å². The Hall–Kier alpha value is -3.26. The summed E-state index contributed by atoms with van der Waals surface area (Å²) in [4.78, 5) is 3.75. The van der Waals surface area contributed by atoms with Crippen LogP contribution in [0.15, 0.2) is 66.7 Å². The molecule has 32 heavy (non-hydrogen) atoms. The van der Waals surface area contributed by atoms with Crippen molar-refractivity contribution in [1.82, 2.24) is 4.98 Å². The standard InChI is InChI=1S/C30H32N2/c1-29(2,3)19-11-12-27-24(14-19)26-16-20(30(4,5)6)15-25(28(26)32-27)23-17-21(31)13-18-9-7-8-10-22(18)23/h7-17,32H,31H2,1-6H3. The van der Waals surface area contributed by atoms with Gasteiger partial charge in [-0.05, 0) is 74.7 Å². The molecule has 0 bridgehead atoms. The summed E-state index contributed by atoms with van der Waals surface area (Å²) in [5, 5.41) is 4.96. The fraction of sp³-hybridized carbons (Fsp3) is 0.267. The molecule has 0 atom stereocenters. The summed E-state index contributed by atoms with van der Waals surface area (Å²) in [6.07, 6.45) is 0. The van der Waals surface area contributed by atoms with Crippen molar-refractivity contribution in [3.63, 3.8) is 0 Å². The molecule has 2 nitrogen and oxygen atoms in total. The second-order valence-corrected chi connectivity index (χ2v) is 11.1. The molecule has 0 spiro atoms. The van der Waals surface area contributed by atoms with Crippen molar-refractivity contribution in [3.05, 3.63) is 77.9 Å². The van der Waals surface area contributed by atoms with Crippen LogP contribution >= 0.6 is 0 Å². The van der Waals surface area contributed by atoms with Crippen LogP contribution < -0.4 is 5.73 Å². The van der Waals surface area contributed by atoms with Crippen LogP contribution in [0.1, 0.15) is 52.7 Å². The van der Waals surface area contributed by atoms with E-state index in [1.165, 1.54) is 54.8 Å². The Labute approximate surface area is 190 Å². The SMILES string of the molecule is CC(C)(C)c1ccc2[nH]c3c(-c4cc(N)cc5ccccc45)cc(C(C)(C)C)cc3c2c1. The van der Waals surface area contributed by atoms with Gasteiger partial charge in [-0.25, -0.2) is 0 Å².